The van der Waals surface area contributed by atoms with Gasteiger partial charge in [-0.25, -0.2) is 0 Å². The van der Waals surface area contributed by atoms with Gasteiger partial charge in [0.15, 0.2) is 0 Å². The van der Waals surface area contributed by atoms with Gasteiger partial charge in [0, 0.05) is 17.6 Å². The van der Waals surface area contributed by atoms with Crippen molar-refractivity contribution in [2.24, 2.45) is 0 Å². The van der Waals surface area contributed by atoms with E-state index in [-0.39, 0.29) is 5.56 Å². The summed E-state index contributed by atoms with van der Waals surface area (Å²) in [6.07, 6.45) is 2.39. The third-order valence-corrected chi connectivity index (χ3v) is 3.87. The molecular weight excluding hydrogens is 241 g/mol. The fraction of sp³-hybridized carbons (Fsp3) is 0.500. The number of hydrogen-bond donors (Lipinski definition) is 1. The molecule has 0 unspecified atom stereocenters. The average molecular weight is 261 g/mol. The molecule has 2 rings (SSSR count). The average Bonchev–Trinajstić information content (AvgIpc) is 2.48. The Bertz CT molecular complexity index is 532. The van der Waals surface area contributed by atoms with Crippen molar-refractivity contribution in [3.05, 3.63) is 40.8 Å². The summed E-state index contributed by atoms with van der Waals surface area (Å²) < 4.78 is 11.7. The summed E-state index contributed by atoms with van der Waals surface area (Å²) in [5.41, 5.74) is 0.290. The summed E-state index contributed by atoms with van der Waals surface area (Å²) in [6.45, 7) is 11.5. The minimum atomic E-state index is -0.619. The maximum Gasteiger partial charge on any atom is 0.500 e. The highest BCUT2D eigenvalue weighted by Gasteiger charge is 2.52. The van der Waals surface area contributed by atoms with Crippen LogP contribution in [0.1, 0.15) is 33.4 Å². The molecule has 5 heteroatoms. The standard InChI is InChI=1S/C14H20BNO3/c1-6-7-10-8-9-11(12(17)16-10)15-18-13(2,3)14(4,5)19-15/h6,8-9H,1,7H2,2-5H3,(H,16,17). The molecule has 2 heterocycles. The Kier molecular flexibility index (Phi) is 3.45. The summed E-state index contributed by atoms with van der Waals surface area (Å²) in [5.74, 6) is 0. The van der Waals surface area contributed by atoms with E-state index in [1.807, 2.05) is 33.8 Å². The van der Waals surface area contributed by atoms with Gasteiger partial charge in [-0.1, -0.05) is 12.1 Å². The SMILES string of the molecule is C=CCc1ccc(B2OC(C)(C)C(C)(C)O2)c(=O)[nH]1. The van der Waals surface area contributed by atoms with Crippen LogP contribution in [0.5, 0.6) is 0 Å². The largest absolute Gasteiger partial charge is 0.500 e. The number of nitrogens with one attached hydrogen (secondary N) is 1. The number of pyridine rings is 1. The van der Waals surface area contributed by atoms with E-state index in [0.29, 0.717) is 11.9 Å². The Labute approximate surface area is 114 Å². The molecule has 4 nitrogen and oxygen atoms in total. The van der Waals surface area contributed by atoms with E-state index in [2.05, 4.69) is 11.6 Å². The van der Waals surface area contributed by atoms with Crippen LogP contribution in [0, 0.1) is 0 Å². The molecule has 0 aromatic carbocycles. The van der Waals surface area contributed by atoms with E-state index < -0.39 is 18.3 Å². The topological polar surface area (TPSA) is 51.3 Å². The Hall–Kier alpha value is -1.33. The minimum absolute atomic E-state index is 0.169. The number of aromatic nitrogens is 1. The number of rotatable bonds is 3. The second-order valence-electron chi connectivity index (χ2n) is 5.85. The maximum atomic E-state index is 12.1. The van der Waals surface area contributed by atoms with Crippen LogP contribution in [0.15, 0.2) is 29.6 Å². The third kappa shape index (κ3) is 2.53. The summed E-state index contributed by atoms with van der Waals surface area (Å²) >= 11 is 0. The van der Waals surface area contributed by atoms with E-state index in [9.17, 15) is 4.79 Å². The quantitative estimate of drug-likeness (QED) is 0.661. The van der Waals surface area contributed by atoms with Crippen LogP contribution in [-0.4, -0.2) is 23.3 Å². The lowest BCUT2D eigenvalue weighted by Crippen LogP contribution is -2.44. The lowest BCUT2D eigenvalue weighted by Gasteiger charge is -2.32. The van der Waals surface area contributed by atoms with Gasteiger partial charge in [0.05, 0.1) is 11.2 Å². The van der Waals surface area contributed by atoms with Crippen molar-refractivity contribution in [1.82, 2.24) is 4.98 Å². The molecule has 1 saturated heterocycles. The Morgan fingerprint density at radius 3 is 2.32 bits per heavy atom. The van der Waals surface area contributed by atoms with Crippen LogP contribution in [0.2, 0.25) is 0 Å². The second-order valence-corrected chi connectivity index (χ2v) is 5.85. The molecule has 102 valence electrons. The van der Waals surface area contributed by atoms with E-state index in [1.54, 1.807) is 12.1 Å². The number of hydrogen-bond acceptors (Lipinski definition) is 3. The first kappa shape index (κ1) is 14.1. The molecule has 0 bridgehead atoms. The van der Waals surface area contributed by atoms with Crippen molar-refractivity contribution in [2.75, 3.05) is 0 Å². The van der Waals surface area contributed by atoms with E-state index in [4.69, 9.17) is 9.31 Å². The first-order valence-corrected chi connectivity index (χ1v) is 6.45. The third-order valence-electron chi connectivity index (χ3n) is 3.87. The van der Waals surface area contributed by atoms with Crippen LogP contribution in [-0.2, 0) is 15.7 Å². The van der Waals surface area contributed by atoms with Gasteiger partial charge in [-0.3, -0.25) is 4.79 Å². The molecule has 1 aromatic heterocycles. The number of aromatic amines is 1. The smallest absolute Gasteiger partial charge is 0.399 e. The molecule has 1 aromatic rings. The highest BCUT2D eigenvalue weighted by Crippen LogP contribution is 2.36. The fourth-order valence-electron chi connectivity index (χ4n) is 1.96. The van der Waals surface area contributed by atoms with Crippen LogP contribution in [0.4, 0.5) is 0 Å². The van der Waals surface area contributed by atoms with Crippen molar-refractivity contribution in [1.29, 1.82) is 0 Å². The van der Waals surface area contributed by atoms with Gasteiger partial charge in [0.25, 0.3) is 0 Å². The molecule has 0 atom stereocenters. The number of allylic oxidation sites excluding steroid dienone is 1. The monoisotopic (exact) mass is 261 g/mol. The zero-order chi connectivity index (χ0) is 14.3. The molecular formula is C14H20BNO3. The molecule has 0 spiro atoms. The van der Waals surface area contributed by atoms with Crippen molar-refractivity contribution in [2.45, 2.75) is 45.3 Å². The normalized spacial score (nSPS) is 20.5. The predicted molar refractivity (Wildman–Crippen MR) is 76.7 cm³/mol. The highest BCUT2D eigenvalue weighted by molar-refractivity contribution is 6.61. The summed E-state index contributed by atoms with van der Waals surface area (Å²) in [5, 5.41) is 0. The predicted octanol–water partition coefficient (Wildman–Crippen LogP) is 1.40. The molecule has 0 radical (unpaired) electrons. The van der Waals surface area contributed by atoms with Crippen LogP contribution >= 0.6 is 0 Å². The summed E-state index contributed by atoms with van der Waals surface area (Å²) in [6, 6.07) is 3.63. The van der Waals surface area contributed by atoms with E-state index >= 15 is 0 Å². The Balaban J connectivity index is 2.30. The van der Waals surface area contributed by atoms with E-state index in [0.717, 1.165) is 5.69 Å². The highest BCUT2D eigenvalue weighted by atomic mass is 16.7. The molecule has 0 saturated carbocycles. The lowest BCUT2D eigenvalue weighted by atomic mass is 9.80. The second kappa shape index (κ2) is 4.65. The van der Waals surface area contributed by atoms with Gasteiger partial charge in [-0.05, 0) is 33.8 Å². The first-order chi connectivity index (χ1) is 8.77. The maximum absolute atomic E-state index is 12.1. The fourth-order valence-corrected chi connectivity index (χ4v) is 1.96. The van der Waals surface area contributed by atoms with Gasteiger partial charge in [-0.2, -0.15) is 0 Å². The van der Waals surface area contributed by atoms with Crippen LogP contribution < -0.4 is 11.0 Å². The van der Waals surface area contributed by atoms with Crippen molar-refractivity contribution in [3.8, 4) is 0 Å². The zero-order valence-electron chi connectivity index (χ0n) is 11.9. The summed E-state index contributed by atoms with van der Waals surface area (Å²) in [7, 11) is -0.619. The van der Waals surface area contributed by atoms with Gasteiger partial charge < -0.3 is 14.3 Å². The molecule has 1 fully saturated rings. The van der Waals surface area contributed by atoms with Crippen molar-refractivity contribution in [3.63, 3.8) is 0 Å². The van der Waals surface area contributed by atoms with E-state index in [1.165, 1.54) is 0 Å². The first-order valence-electron chi connectivity index (χ1n) is 6.45. The molecule has 0 aliphatic carbocycles. The molecule has 1 N–H and O–H groups in total. The van der Waals surface area contributed by atoms with Crippen LogP contribution in [0.25, 0.3) is 0 Å². The minimum Gasteiger partial charge on any atom is -0.399 e. The Morgan fingerprint density at radius 1 is 1.26 bits per heavy atom. The number of H-pyrrole nitrogens is 1. The van der Waals surface area contributed by atoms with Crippen LogP contribution in [0.3, 0.4) is 0 Å². The molecule has 0 amide bonds. The van der Waals surface area contributed by atoms with Gasteiger partial charge >= 0.3 is 7.12 Å². The molecule has 19 heavy (non-hydrogen) atoms. The van der Waals surface area contributed by atoms with Crippen molar-refractivity contribution >= 4 is 12.6 Å². The lowest BCUT2D eigenvalue weighted by molar-refractivity contribution is 0.00578. The van der Waals surface area contributed by atoms with Gasteiger partial charge in [-0.15, -0.1) is 6.58 Å². The molecule has 1 aliphatic rings. The van der Waals surface area contributed by atoms with Gasteiger partial charge in [0.2, 0.25) is 5.56 Å². The Morgan fingerprint density at radius 2 is 1.84 bits per heavy atom. The molecule has 1 aliphatic heterocycles. The summed E-state index contributed by atoms with van der Waals surface area (Å²) in [4.78, 5) is 14.9. The van der Waals surface area contributed by atoms with Gasteiger partial charge in [0.1, 0.15) is 0 Å². The van der Waals surface area contributed by atoms with Crippen molar-refractivity contribution < 1.29 is 9.31 Å². The zero-order valence-corrected chi connectivity index (χ0v) is 11.9.